The highest BCUT2D eigenvalue weighted by atomic mass is 35.5. The molecule has 1 heterocycles. The number of rotatable bonds is 5. The maximum Gasteiger partial charge on any atom is 0.251 e. The van der Waals surface area contributed by atoms with Gasteiger partial charge in [-0.05, 0) is 42.7 Å². The van der Waals surface area contributed by atoms with E-state index in [-0.39, 0.29) is 17.9 Å². The molecule has 0 radical (unpaired) electrons. The van der Waals surface area contributed by atoms with Crippen molar-refractivity contribution in [1.82, 2.24) is 10.2 Å². The number of carbonyl (C=O) groups excluding carboxylic acids is 2. The molecular weight excluding hydrogens is 336 g/mol. The molecule has 0 aliphatic carbocycles. The molecule has 0 saturated carbocycles. The monoisotopic (exact) mass is 356 g/mol. The van der Waals surface area contributed by atoms with Crippen molar-refractivity contribution in [2.45, 2.75) is 32.4 Å². The summed E-state index contributed by atoms with van der Waals surface area (Å²) >= 11 is 6.19. The summed E-state index contributed by atoms with van der Waals surface area (Å²) in [7, 11) is 0. The Kier molecular flexibility index (Phi) is 5.39. The molecule has 0 spiro atoms. The fourth-order valence-electron chi connectivity index (χ4n) is 3.09. The number of benzene rings is 2. The molecule has 25 heavy (non-hydrogen) atoms. The van der Waals surface area contributed by atoms with Crippen molar-refractivity contribution in [2.75, 3.05) is 6.54 Å². The van der Waals surface area contributed by atoms with Crippen LogP contribution in [-0.4, -0.2) is 23.3 Å². The van der Waals surface area contributed by atoms with E-state index >= 15 is 0 Å². The van der Waals surface area contributed by atoms with Crippen LogP contribution < -0.4 is 5.32 Å². The quantitative estimate of drug-likeness (QED) is 0.881. The third kappa shape index (κ3) is 4.20. The minimum Gasteiger partial charge on any atom is -0.345 e. The van der Waals surface area contributed by atoms with Crippen molar-refractivity contribution in [2.24, 2.45) is 0 Å². The maximum atomic E-state index is 12.6. The Hall–Kier alpha value is -2.33. The number of hydrogen-bond acceptors (Lipinski definition) is 2. The largest absolute Gasteiger partial charge is 0.345 e. The van der Waals surface area contributed by atoms with Crippen LogP contribution in [0.1, 0.15) is 47.3 Å². The molecule has 2 amide bonds. The predicted octanol–water partition coefficient (Wildman–Crippen LogP) is 3.95. The zero-order valence-corrected chi connectivity index (χ0v) is 14.9. The molecule has 1 unspecified atom stereocenters. The molecule has 1 atom stereocenters. The van der Waals surface area contributed by atoms with Crippen LogP contribution in [0.3, 0.4) is 0 Å². The Morgan fingerprint density at radius 1 is 1.24 bits per heavy atom. The van der Waals surface area contributed by atoms with E-state index in [1.165, 1.54) is 0 Å². The number of carbonyl (C=O) groups is 2. The highest BCUT2D eigenvalue weighted by Crippen LogP contribution is 2.22. The van der Waals surface area contributed by atoms with Gasteiger partial charge in [-0.3, -0.25) is 9.59 Å². The summed E-state index contributed by atoms with van der Waals surface area (Å²) in [6.45, 7) is 3.25. The zero-order chi connectivity index (χ0) is 17.8. The van der Waals surface area contributed by atoms with Gasteiger partial charge in [0.05, 0.1) is 6.04 Å². The highest BCUT2D eigenvalue weighted by Gasteiger charge is 2.20. The van der Waals surface area contributed by atoms with Crippen molar-refractivity contribution in [1.29, 1.82) is 0 Å². The first-order chi connectivity index (χ1) is 12.0. The minimum absolute atomic E-state index is 0.151. The third-order valence-corrected chi connectivity index (χ3v) is 4.80. The van der Waals surface area contributed by atoms with E-state index in [1.807, 2.05) is 54.3 Å². The lowest BCUT2D eigenvalue weighted by atomic mass is 10.1. The summed E-state index contributed by atoms with van der Waals surface area (Å²) in [6.07, 6.45) is 1.53. The second kappa shape index (κ2) is 7.70. The van der Waals surface area contributed by atoms with E-state index in [2.05, 4.69) is 5.32 Å². The van der Waals surface area contributed by atoms with E-state index in [4.69, 9.17) is 11.6 Å². The molecule has 0 bridgehead atoms. The summed E-state index contributed by atoms with van der Waals surface area (Å²) < 4.78 is 0. The van der Waals surface area contributed by atoms with Crippen LogP contribution >= 0.6 is 11.6 Å². The lowest BCUT2D eigenvalue weighted by molar-refractivity contribution is -0.128. The van der Waals surface area contributed by atoms with Crippen LogP contribution in [0, 0.1) is 0 Å². The maximum absolute atomic E-state index is 12.6. The summed E-state index contributed by atoms with van der Waals surface area (Å²) in [5.74, 6) is 0.0317. The Morgan fingerprint density at radius 3 is 2.76 bits per heavy atom. The van der Waals surface area contributed by atoms with Crippen LogP contribution in [0.15, 0.2) is 48.5 Å². The van der Waals surface area contributed by atoms with E-state index in [0.29, 0.717) is 23.6 Å². The van der Waals surface area contributed by atoms with Gasteiger partial charge < -0.3 is 10.2 Å². The summed E-state index contributed by atoms with van der Waals surface area (Å²) in [5.41, 5.74) is 2.44. The topological polar surface area (TPSA) is 49.4 Å². The second-order valence-corrected chi connectivity index (χ2v) is 6.74. The first kappa shape index (κ1) is 17.5. The molecule has 1 aliphatic rings. The molecule has 130 valence electrons. The fraction of sp³-hybridized carbons (Fsp3) is 0.300. The van der Waals surface area contributed by atoms with E-state index < -0.39 is 0 Å². The van der Waals surface area contributed by atoms with Gasteiger partial charge in [0.2, 0.25) is 5.91 Å². The molecule has 1 saturated heterocycles. The molecule has 1 aliphatic heterocycles. The van der Waals surface area contributed by atoms with Gasteiger partial charge in [-0.1, -0.05) is 41.9 Å². The predicted molar refractivity (Wildman–Crippen MR) is 98.4 cm³/mol. The average molecular weight is 357 g/mol. The SMILES string of the molecule is CC(NC(=O)c1cccc(CN2CCCC2=O)c1)c1ccccc1Cl. The molecule has 1 N–H and O–H groups in total. The number of likely N-dealkylation sites (tertiary alicyclic amines) is 1. The Labute approximate surface area is 152 Å². The Balaban J connectivity index is 1.69. The molecule has 5 heteroatoms. The molecule has 3 rings (SSSR count). The summed E-state index contributed by atoms with van der Waals surface area (Å²) in [6, 6.07) is 14.7. The minimum atomic E-state index is -0.190. The van der Waals surface area contributed by atoms with Crippen molar-refractivity contribution in [3.05, 3.63) is 70.2 Å². The Bertz CT molecular complexity index is 791. The smallest absolute Gasteiger partial charge is 0.251 e. The van der Waals surface area contributed by atoms with Gasteiger partial charge in [-0.25, -0.2) is 0 Å². The van der Waals surface area contributed by atoms with Gasteiger partial charge in [-0.2, -0.15) is 0 Å². The van der Waals surface area contributed by atoms with Crippen LogP contribution in [0.25, 0.3) is 0 Å². The number of amides is 2. The van der Waals surface area contributed by atoms with Crippen LogP contribution in [0.2, 0.25) is 5.02 Å². The van der Waals surface area contributed by atoms with Gasteiger partial charge in [0.25, 0.3) is 5.91 Å². The average Bonchev–Trinajstić information content (AvgIpc) is 3.00. The lowest BCUT2D eigenvalue weighted by Crippen LogP contribution is -2.27. The van der Waals surface area contributed by atoms with E-state index in [0.717, 1.165) is 24.1 Å². The zero-order valence-electron chi connectivity index (χ0n) is 14.2. The number of hydrogen-bond donors (Lipinski definition) is 1. The molecule has 1 fully saturated rings. The van der Waals surface area contributed by atoms with Crippen LogP contribution in [0.4, 0.5) is 0 Å². The normalized spacial score (nSPS) is 15.3. The van der Waals surface area contributed by atoms with Crippen LogP contribution in [0.5, 0.6) is 0 Å². The third-order valence-electron chi connectivity index (χ3n) is 4.45. The van der Waals surface area contributed by atoms with Crippen molar-refractivity contribution >= 4 is 23.4 Å². The fourth-order valence-corrected chi connectivity index (χ4v) is 3.39. The van der Waals surface area contributed by atoms with E-state index in [1.54, 1.807) is 6.07 Å². The molecule has 2 aromatic rings. The summed E-state index contributed by atoms with van der Waals surface area (Å²) in [4.78, 5) is 26.2. The summed E-state index contributed by atoms with van der Waals surface area (Å²) in [5, 5.41) is 3.61. The second-order valence-electron chi connectivity index (χ2n) is 6.34. The standard InChI is InChI=1S/C20H21ClN2O2/c1-14(17-8-2-3-9-18(17)21)22-20(25)16-7-4-6-15(12-16)13-23-11-5-10-19(23)24/h2-4,6-9,12,14H,5,10-11,13H2,1H3,(H,22,25). The van der Waals surface area contributed by atoms with Gasteiger partial charge in [0, 0.05) is 30.1 Å². The molecular formula is C20H21ClN2O2. The number of nitrogens with one attached hydrogen (secondary N) is 1. The van der Waals surface area contributed by atoms with Gasteiger partial charge in [-0.15, -0.1) is 0 Å². The van der Waals surface area contributed by atoms with Gasteiger partial charge >= 0.3 is 0 Å². The van der Waals surface area contributed by atoms with E-state index in [9.17, 15) is 9.59 Å². The number of nitrogens with zero attached hydrogens (tertiary/aromatic N) is 1. The molecule has 2 aromatic carbocycles. The van der Waals surface area contributed by atoms with Gasteiger partial charge in [0.15, 0.2) is 0 Å². The van der Waals surface area contributed by atoms with Crippen LogP contribution in [-0.2, 0) is 11.3 Å². The molecule has 0 aromatic heterocycles. The number of halogens is 1. The van der Waals surface area contributed by atoms with Crippen molar-refractivity contribution in [3.63, 3.8) is 0 Å². The molecule has 4 nitrogen and oxygen atoms in total. The lowest BCUT2D eigenvalue weighted by Gasteiger charge is -2.17. The Morgan fingerprint density at radius 2 is 2.04 bits per heavy atom. The van der Waals surface area contributed by atoms with Crippen molar-refractivity contribution < 1.29 is 9.59 Å². The first-order valence-electron chi connectivity index (χ1n) is 8.46. The first-order valence-corrected chi connectivity index (χ1v) is 8.84. The van der Waals surface area contributed by atoms with Crippen molar-refractivity contribution in [3.8, 4) is 0 Å². The van der Waals surface area contributed by atoms with Gasteiger partial charge in [0.1, 0.15) is 0 Å². The highest BCUT2D eigenvalue weighted by molar-refractivity contribution is 6.31.